The number of carbonyl (C=O) groups is 1. The maximum absolute atomic E-state index is 11.1. The molecule has 0 saturated carbocycles. The van der Waals surface area contributed by atoms with Crippen LogP contribution in [0.2, 0.25) is 0 Å². The van der Waals surface area contributed by atoms with Crippen molar-refractivity contribution < 1.29 is 4.79 Å². The van der Waals surface area contributed by atoms with E-state index in [-0.39, 0.29) is 5.91 Å². The fourth-order valence-electron chi connectivity index (χ4n) is 1.04. The molecule has 0 spiro atoms. The number of nitrogens with one attached hydrogen (secondary N) is 1. The molecule has 0 aromatic carbocycles. The standard InChI is InChI=1S/C10H15N3O/c1-8(11)10(14)13-7-4-9-2-5-12-6-3-9/h2-3,5-6,8H,4,7,11H2,1H3,(H,13,14). The van der Waals surface area contributed by atoms with E-state index in [1.165, 1.54) is 0 Å². The second kappa shape index (κ2) is 5.34. The number of nitrogens with two attached hydrogens (primary N) is 1. The van der Waals surface area contributed by atoms with Crippen molar-refractivity contribution in [2.45, 2.75) is 19.4 Å². The molecule has 0 aliphatic rings. The third-order valence-corrected chi connectivity index (χ3v) is 1.88. The normalized spacial score (nSPS) is 12.1. The summed E-state index contributed by atoms with van der Waals surface area (Å²) in [6.45, 7) is 2.28. The average molecular weight is 193 g/mol. The Bertz CT molecular complexity index is 285. The number of nitrogens with zero attached hydrogens (tertiary/aromatic N) is 1. The van der Waals surface area contributed by atoms with Gasteiger partial charge in [0.2, 0.25) is 5.91 Å². The van der Waals surface area contributed by atoms with E-state index in [1.54, 1.807) is 19.3 Å². The molecule has 0 aliphatic carbocycles. The smallest absolute Gasteiger partial charge is 0.236 e. The first kappa shape index (κ1) is 10.7. The molecule has 1 aromatic heterocycles. The highest BCUT2D eigenvalue weighted by Gasteiger charge is 2.04. The van der Waals surface area contributed by atoms with Crippen molar-refractivity contribution >= 4 is 5.91 Å². The van der Waals surface area contributed by atoms with E-state index in [4.69, 9.17) is 5.73 Å². The van der Waals surface area contributed by atoms with E-state index in [1.807, 2.05) is 12.1 Å². The second-order valence-electron chi connectivity index (χ2n) is 3.19. The quantitative estimate of drug-likeness (QED) is 0.712. The first-order valence-electron chi connectivity index (χ1n) is 4.62. The molecule has 4 heteroatoms. The molecule has 0 radical (unpaired) electrons. The van der Waals surface area contributed by atoms with Crippen LogP contribution in [0.1, 0.15) is 12.5 Å². The highest BCUT2D eigenvalue weighted by Crippen LogP contribution is 1.95. The Morgan fingerprint density at radius 3 is 2.79 bits per heavy atom. The van der Waals surface area contributed by atoms with Crippen LogP contribution in [-0.2, 0) is 11.2 Å². The molecule has 0 aliphatic heterocycles. The van der Waals surface area contributed by atoms with Crippen molar-refractivity contribution in [2.24, 2.45) is 5.73 Å². The molecule has 3 N–H and O–H groups in total. The molecule has 76 valence electrons. The Balaban J connectivity index is 2.26. The molecule has 1 unspecified atom stereocenters. The van der Waals surface area contributed by atoms with Crippen LogP contribution in [0, 0.1) is 0 Å². The van der Waals surface area contributed by atoms with Crippen LogP contribution in [-0.4, -0.2) is 23.5 Å². The van der Waals surface area contributed by atoms with Crippen LogP contribution in [0.4, 0.5) is 0 Å². The van der Waals surface area contributed by atoms with Crippen LogP contribution in [0.25, 0.3) is 0 Å². The molecule has 1 heterocycles. The van der Waals surface area contributed by atoms with Crippen molar-refractivity contribution in [1.29, 1.82) is 0 Å². The van der Waals surface area contributed by atoms with Gasteiger partial charge in [0, 0.05) is 18.9 Å². The number of aromatic nitrogens is 1. The van der Waals surface area contributed by atoms with Gasteiger partial charge in [-0.25, -0.2) is 0 Å². The first-order chi connectivity index (χ1) is 6.70. The number of pyridine rings is 1. The van der Waals surface area contributed by atoms with Gasteiger partial charge in [0.1, 0.15) is 0 Å². The third-order valence-electron chi connectivity index (χ3n) is 1.88. The van der Waals surface area contributed by atoms with Crippen molar-refractivity contribution in [3.63, 3.8) is 0 Å². The van der Waals surface area contributed by atoms with Gasteiger partial charge < -0.3 is 11.1 Å². The zero-order chi connectivity index (χ0) is 10.4. The van der Waals surface area contributed by atoms with Gasteiger partial charge in [0.15, 0.2) is 0 Å². The van der Waals surface area contributed by atoms with Gasteiger partial charge in [-0.1, -0.05) is 0 Å². The minimum Gasteiger partial charge on any atom is -0.354 e. The zero-order valence-electron chi connectivity index (χ0n) is 8.23. The van der Waals surface area contributed by atoms with Crippen LogP contribution >= 0.6 is 0 Å². The van der Waals surface area contributed by atoms with E-state index < -0.39 is 6.04 Å². The highest BCUT2D eigenvalue weighted by atomic mass is 16.2. The van der Waals surface area contributed by atoms with Gasteiger partial charge in [-0.15, -0.1) is 0 Å². The summed E-state index contributed by atoms with van der Waals surface area (Å²) in [4.78, 5) is 15.0. The summed E-state index contributed by atoms with van der Waals surface area (Å²) in [5.41, 5.74) is 6.55. The van der Waals surface area contributed by atoms with E-state index in [0.29, 0.717) is 6.54 Å². The molecule has 0 bridgehead atoms. The number of amides is 1. The fourth-order valence-corrected chi connectivity index (χ4v) is 1.04. The summed E-state index contributed by atoms with van der Waals surface area (Å²) in [7, 11) is 0. The minimum atomic E-state index is -0.438. The van der Waals surface area contributed by atoms with Crippen molar-refractivity contribution in [3.8, 4) is 0 Å². The summed E-state index contributed by atoms with van der Waals surface area (Å²) in [6, 6.07) is 3.42. The topological polar surface area (TPSA) is 68.0 Å². The van der Waals surface area contributed by atoms with Crippen molar-refractivity contribution in [2.75, 3.05) is 6.54 Å². The van der Waals surface area contributed by atoms with Crippen molar-refractivity contribution in [3.05, 3.63) is 30.1 Å². The zero-order valence-corrected chi connectivity index (χ0v) is 8.23. The molecule has 0 fully saturated rings. The number of hydrogen-bond donors (Lipinski definition) is 2. The summed E-state index contributed by atoms with van der Waals surface area (Å²) in [5, 5.41) is 2.75. The van der Waals surface area contributed by atoms with E-state index >= 15 is 0 Å². The largest absolute Gasteiger partial charge is 0.354 e. The molecule has 1 atom stereocenters. The lowest BCUT2D eigenvalue weighted by Crippen LogP contribution is -2.39. The summed E-state index contributed by atoms with van der Waals surface area (Å²) < 4.78 is 0. The maximum Gasteiger partial charge on any atom is 0.236 e. The van der Waals surface area contributed by atoms with Crippen molar-refractivity contribution in [1.82, 2.24) is 10.3 Å². The van der Waals surface area contributed by atoms with E-state index in [9.17, 15) is 4.79 Å². The van der Waals surface area contributed by atoms with Crippen LogP contribution in [0.15, 0.2) is 24.5 Å². The van der Waals surface area contributed by atoms with Gasteiger partial charge in [-0.05, 0) is 31.0 Å². The lowest BCUT2D eigenvalue weighted by atomic mass is 10.2. The second-order valence-corrected chi connectivity index (χ2v) is 3.19. The van der Waals surface area contributed by atoms with Gasteiger partial charge in [-0.3, -0.25) is 9.78 Å². The van der Waals surface area contributed by atoms with Crippen LogP contribution < -0.4 is 11.1 Å². The number of rotatable bonds is 4. The van der Waals surface area contributed by atoms with Gasteiger partial charge in [0.25, 0.3) is 0 Å². The van der Waals surface area contributed by atoms with Gasteiger partial charge >= 0.3 is 0 Å². The molecule has 1 aromatic rings. The summed E-state index contributed by atoms with van der Waals surface area (Å²) >= 11 is 0. The Morgan fingerprint density at radius 2 is 2.21 bits per heavy atom. The predicted molar refractivity (Wildman–Crippen MR) is 54.6 cm³/mol. The maximum atomic E-state index is 11.1. The predicted octanol–water partition coefficient (Wildman–Crippen LogP) is 0.0875. The minimum absolute atomic E-state index is 0.112. The van der Waals surface area contributed by atoms with Crippen LogP contribution in [0.5, 0.6) is 0 Å². The fraction of sp³-hybridized carbons (Fsp3) is 0.400. The van der Waals surface area contributed by atoms with E-state index in [0.717, 1.165) is 12.0 Å². The van der Waals surface area contributed by atoms with E-state index in [2.05, 4.69) is 10.3 Å². The molecular weight excluding hydrogens is 178 g/mol. The third kappa shape index (κ3) is 3.53. The Hall–Kier alpha value is -1.42. The molecule has 4 nitrogen and oxygen atoms in total. The van der Waals surface area contributed by atoms with Gasteiger partial charge in [-0.2, -0.15) is 0 Å². The molecule has 1 amide bonds. The Kier molecular flexibility index (Phi) is 4.07. The average Bonchev–Trinajstić information content (AvgIpc) is 2.19. The Morgan fingerprint density at radius 1 is 1.57 bits per heavy atom. The summed E-state index contributed by atoms with van der Waals surface area (Å²) in [6.07, 6.45) is 4.28. The number of hydrogen-bond acceptors (Lipinski definition) is 3. The van der Waals surface area contributed by atoms with Gasteiger partial charge in [0.05, 0.1) is 6.04 Å². The molecule has 1 rings (SSSR count). The highest BCUT2D eigenvalue weighted by molar-refractivity contribution is 5.80. The number of carbonyl (C=O) groups excluding carboxylic acids is 1. The Labute approximate surface area is 83.5 Å². The van der Waals surface area contributed by atoms with Crippen LogP contribution in [0.3, 0.4) is 0 Å². The SMILES string of the molecule is CC(N)C(=O)NCCc1ccncc1. The lowest BCUT2D eigenvalue weighted by molar-refractivity contribution is -0.121. The molecular formula is C10H15N3O. The summed E-state index contributed by atoms with van der Waals surface area (Å²) in [5.74, 6) is -0.112. The first-order valence-corrected chi connectivity index (χ1v) is 4.62. The molecule has 14 heavy (non-hydrogen) atoms. The monoisotopic (exact) mass is 193 g/mol. The molecule has 0 saturated heterocycles. The lowest BCUT2D eigenvalue weighted by Gasteiger charge is -2.07.